The second kappa shape index (κ2) is 9.75. The van der Waals surface area contributed by atoms with Crippen molar-refractivity contribution in [1.29, 1.82) is 0 Å². The van der Waals surface area contributed by atoms with Crippen LogP contribution < -0.4 is 5.32 Å². The fraction of sp³-hybridized carbons (Fsp3) is 0.500. The molecule has 1 saturated heterocycles. The van der Waals surface area contributed by atoms with E-state index in [1.165, 1.54) is 16.8 Å². The van der Waals surface area contributed by atoms with Gasteiger partial charge in [-0.1, -0.05) is 24.3 Å². The first-order valence-corrected chi connectivity index (χ1v) is 10.1. The molecule has 0 bridgehead atoms. The van der Waals surface area contributed by atoms with Gasteiger partial charge in [0.1, 0.15) is 0 Å². The standard InChI is InChI=1S/C22H34N6/c1-23-22(27(4)18-21-6-5-11-26(21)3)24-16-19-7-9-20(10-8-19)17-28-14-12-25(2)13-15-28/h5-11H,12-18H2,1-4H3,(H,23,24). The van der Waals surface area contributed by atoms with E-state index in [1.54, 1.807) is 0 Å². The van der Waals surface area contributed by atoms with Crippen LogP contribution in [0.2, 0.25) is 0 Å². The molecular formula is C22H34N6. The maximum atomic E-state index is 4.43. The molecule has 2 aromatic rings. The summed E-state index contributed by atoms with van der Waals surface area (Å²) in [4.78, 5) is 11.5. The second-order valence-electron chi connectivity index (χ2n) is 7.76. The first kappa shape index (κ1) is 20.4. The molecule has 0 saturated carbocycles. The summed E-state index contributed by atoms with van der Waals surface area (Å²) in [5.41, 5.74) is 3.92. The molecule has 1 aliphatic rings. The molecule has 28 heavy (non-hydrogen) atoms. The van der Waals surface area contributed by atoms with E-state index in [4.69, 9.17) is 0 Å². The van der Waals surface area contributed by atoms with Gasteiger partial charge in [0.05, 0.1) is 6.54 Å². The van der Waals surface area contributed by atoms with Crippen molar-refractivity contribution in [1.82, 2.24) is 24.6 Å². The van der Waals surface area contributed by atoms with E-state index in [0.717, 1.165) is 51.8 Å². The minimum Gasteiger partial charge on any atom is -0.353 e. The van der Waals surface area contributed by atoms with Crippen molar-refractivity contribution < 1.29 is 0 Å². The Labute approximate surface area is 169 Å². The molecule has 0 aliphatic carbocycles. The van der Waals surface area contributed by atoms with Crippen molar-refractivity contribution >= 4 is 5.96 Å². The summed E-state index contributed by atoms with van der Waals surface area (Å²) in [6.07, 6.45) is 2.07. The van der Waals surface area contributed by atoms with Crippen LogP contribution in [0.3, 0.4) is 0 Å². The Balaban J connectivity index is 1.48. The van der Waals surface area contributed by atoms with E-state index >= 15 is 0 Å². The predicted octanol–water partition coefficient (Wildman–Crippen LogP) is 1.98. The number of benzene rings is 1. The largest absolute Gasteiger partial charge is 0.353 e. The molecule has 2 heterocycles. The summed E-state index contributed by atoms with van der Waals surface area (Å²) < 4.78 is 2.14. The number of aryl methyl sites for hydroxylation is 1. The van der Waals surface area contributed by atoms with Crippen LogP contribution in [-0.2, 0) is 26.7 Å². The van der Waals surface area contributed by atoms with Crippen LogP contribution in [0.4, 0.5) is 0 Å². The summed E-state index contributed by atoms with van der Waals surface area (Å²) in [7, 11) is 8.18. The Morgan fingerprint density at radius 2 is 1.71 bits per heavy atom. The fourth-order valence-electron chi connectivity index (χ4n) is 3.57. The smallest absolute Gasteiger partial charge is 0.194 e. The highest BCUT2D eigenvalue weighted by molar-refractivity contribution is 5.79. The average molecular weight is 383 g/mol. The van der Waals surface area contributed by atoms with Crippen molar-refractivity contribution in [2.24, 2.45) is 12.0 Å². The van der Waals surface area contributed by atoms with Crippen molar-refractivity contribution in [3.63, 3.8) is 0 Å². The van der Waals surface area contributed by atoms with E-state index in [1.807, 2.05) is 7.05 Å². The van der Waals surface area contributed by atoms with E-state index in [2.05, 4.69) is 93.3 Å². The highest BCUT2D eigenvalue weighted by Gasteiger charge is 2.13. The number of nitrogens with zero attached hydrogens (tertiary/aromatic N) is 5. The van der Waals surface area contributed by atoms with Gasteiger partial charge in [-0.2, -0.15) is 0 Å². The SMILES string of the molecule is CN=C(NCc1ccc(CN2CCN(C)CC2)cc1)N(C)Cc1cccn1C. The lowest BCUT2D eigenvalue weighted by atomic mass is 10.1. The predicted molar refractivity (Wildman–Crippen MR) is 116 cm³/mol. The number of aliphatic imine (C=N–C) groups is 1. The highest BCUT2D eigenvalue weighted by Crippen LogP contribution is 2.10. The van der Waals surface area contributed by atoms with Crippen LogP contribution in [-0.4, -0.2) is 72.5 Å². The van der Waals surface area contributed by atoms with Gasteiger partial charge >= 0.3 is 0 Å². The number of guanidine groups is 1. The molecule has 152 valence electrons. The summed E-state index contributed by atoms with van der Waals surface area (Å²) in [5.74, 6) is 0.905. The zero-order valence-corrected chi connectivity index (χ0v) is 17.7. The summed E-state index contributed by atoms with van der Waals surface area (Å²) in [6.45, 7) is 7.29. The van der Waals surface area contributed by atoms with E-state index in [9.17, 15) is 0 Å². The summed E-state index contributed by atoms with van der Waals surface area (Å²) >= 11 is 0. The zero-order chi connectivity index (χ0) is 19.9. The fourth-order valence-corrected chi connectivity index (χ4v) is 3.57. The molecule has 0 atom stereocenters. The van der Waals surface area contributed by atoms with Crippen LogP contribution in [0.5, 0.6) is 0 Å². The molecule has 0 amide bonds. The second-order valence-corrected chi connectivity index (χ2v) is 7.76. The summed E-state index contributed by atoms with van der Waals surface area (Å²) in [5, 5.41) is 3.47. The normalized spacial score (nSPS) is 16.4. The Morgan fingerprint density at radius 3 is 2.32 bits per heavy atom. The van der Waals surface area contributed by atoms with Crippen LogP contribution in [0.15, 0.2) is 47.6 Å². The summed E-state index contributed by atoms with van der Waals surface area (Å²) in [6, 6.07) is 13.2. The minimum atomic E-state index is 0.777. The molecule has 1 aliphatic heterocycles. The van der Waals surface area contributed by atoms with E-state index < -0.39 is 0 Å². The molecule has 6 nitrogen and oxygen atoms in total. The highest BCUT2D eigenvalue weighted by atomic mass is 15.3. The number of likely N-dealkylation sites (N-methyl/N-ethyl adjacent to an activating group) is 1. The Bertz CT molecular complexity index is 756. The number of piperazine rings is 1. The molecule has 1 N–H and O–H groups in total. The lowest BCUT2D eigenvalue weighted by Crippen LogP contribution is -2.43. The molecule has 1 aromatic carbocycles. The monoisotopic (exact) mass is 382 g/mol. The number of rotatable bonds is 6. The third-order valence-corrected chi connectivity index (χ3v) is 5.50. The van der Waals surface area contributed by atoms with Crippen molar-refractivity contribution in [3.8, 4) is 0 Å². The van der Waals surface area contributed by atoms with Crippen LogP contribution in [0.1, 0.15) is 16.8 Å². The third kappa shape index (κ3) is 5.59. The van der Waals surface area contributed by atoms with Crippen LogP contribution in [0, 0.1) is 0 Å². The first-order chi connectivity index (χ1) is 13.5. The molecule has 1 aromatic heterocycles. The molecule has 1 fully saturated rings. The number of nitrogens with one attached hydrogen (secondary N) is 1. The minimum absolute atomic E-state index is 0.777. The zero-order valence-electron chi connectivity index (χ0n) is 17.7. The van der Waals surface area contributed by atoms with Gasteiger partial charge < -0.3 is 19.7 Å². The lowest BCUT2D eigenvalue weighted by molar-refractivity contribution is 0.148. The van der Waals surface area contributed by atoms with Crippen molar-refractivity contribution in [2.75, 3.05) is 47.3 Å². The molecule has 6 heteroatoms. The lowest BCUT2D eigenvalue weighted by Gasteiger charge is -2.32. The van der Waals surface area contributed by atoms with Gasteiger partial charge in [0.15, 0.2) is 5.96 Å². The van der Waals surface area contributed by atoms with Gasteiger partial charge in [-0.25, -0.2) is 0 Å². The molecular weight excluding hydrogens is 348 g/mol. The van der Waals surface area contributed by atoms with Crippen molar-refractivity contribution in [3.05, 3.63) is 59.4 Å². The first-order valence-electron chi connectivity index (χ1n) is 10.1. The number of hydrogen-bond donors (Lipinski definition) is 1. The number of hydrogen-bond acceptors (Lipinski definition) is 3. The topological polar surface area (TPSA) is 39.0 Å². The Kier molecular flexibility index (Phi) is 7.12. The van der Waals surface area contributed by atoms with Gasteiger partial charge in [-0.3, -0.25) is 9.89 Å². The maximum absolute atomic E-state index is 4.43. The van der Waals surface area contributed by atoms with E-state index in [-0.39, 0.29) is 0 Å². The maximum Gasteiger partial charge on any atom is 0.194 e. The Hall–Kier alpha value is -2.31. The van der Waals surface area contributed by atoms with Gasteiger partial charge in [0.25, 0.3) is 0 Å². The van der Waals surface area contributed by atoms with Crippen molar-refractivity contribution in [2.45, 2.75) is 19.6 Å². The molecule has 0 radical (unpaired) electrons. The quantitative estimate of drug-likeness (QED) is 0.613. The van der Waals surface area contributed by atoms with Gasteiger partial charge in [-0.15, -0.1) is 0 Å². The van der Waals surface area contributed by atoms with Crippen LogP contribution >= 0.6 is 0 Å². The van der Waals surface area contributed by atoms with Gasteiger partial charge in [0, 0.05) is 72.3 Å². The third-order valence-electron chi connectivity index (χ3n) is 5.50. The van der Waals surface area contributed by atoms with Gasteiger partial charge in [-0.05, 0) is 30.3 Å². The van der Waals surface area contributed by atoms with Crippen LogP contribution in [0.25, 0.3) is 0 Å². The van der Waals surface area contributed by atoms with E-state index in [0.29, 0.717) is 0 Å². The Morgan fingerprint density at radius 1 is 1.04 bits per heavy atom. The molecule has 0 unspecified atom stereocenters. The number of aromatic nitrogens is 1. The molecule has 0 spiro atoms. The van der Waals surface area contributed by atoms with Gasteiger partial charge in [0.2, 0.25) is 0 Å². The average Bonchev–Trinajstić information content (AvgIpc) is 3.10. The molecule has 3 rings (SSSR count).